The number of hydrogen-bond acceptors (Lipinski definition) is 3. The van der Waals surface area contributed by atoms with Gasteiger partial charge in [-0.25, -0.2) is 0 Å². The molecule has 112 valence electrons. The van der Waals surface area contributed by atoms with Gasteiger partial charge in [-0.15, -0.1) is 0 Å². The van der Waals surface area contributed by atoms with Crippen molar-refractivity contribution in [1.29, 1.82) is 0 Å². The Labute approximate surface area is 122 Å². The van der Waals surface area contributed by atoms with E-state index in [0.717, 1.165) is 11.4 Å². The molecule has 20 heavy (non-hydrogen) atoms. The molecule has 0 bridgehead atoms. The van der Waals surface area contributed by atoms with Crippen LogP contribution in [0, 0.1) is 5.41 Å². The summed E-state index contributed by atoms with van der Waals surface area (Å²) in [6, 6.07) is 6.55. The standard InChI is InChI=1S/C17H28N2O/c1-12(2)20-16-10-13(7-8-15(16)18)19-14-6-5-9-17(3,4)11-14/h7-8,10,12,14,19H,5-6,9,11,18H2,1-4H3. The third-order valence-corrected chi connectivity index (χ3v) is 3.95. The zero-order valence-corrected chi connectivity index (χ0v) is 13.2. The predicted molar refractivity (Wildman–Crippen MR) is 86.3 cm³/mol. The van der Waals surface area contributed by atoms with Gasteiger partial charge < -0.3 is 15.8 Å². The monoisotopic (exact) mass is 276 g/mol. The molecule has 0 heterocycles. The summed E-state index contributed by atoms with van der Waals surface area (Å²) < 4.78 is 5.75. The molecule has 1 fully saturated rings. The third-order valence-electron chi connectivity index (χ3n) is 3.95. The Balaban J connectivity index is 2.06. The minimum absolute atomic E-state index is 0.140. The van der Waals surface area contributed by atoms with E-state index in [1.165, 1.54) is 25.7 Å². The van der Waals surface area contributed by atoms with Gasteiger partial charge in [0.2, 0.25) is 0 Å². The lowest BCUT2D eigenvalue weighted by Crippen LogP contribution is -2.31. The molecule has 1 aromatic carbocycles. The molecule has 1 saturated carbocycles. The number of nitrogens with one attached hydrogen (secondary N) is 1. The number of ether oxygens (including phenoxy) is 1. The van der Waals surface area contributed by atoms with Gasteiger partial charge in [-0.05, 0) is 50.7 Å². The first-order valence-corrected chi connectivity index (χ1v) is 7.68. The van der Waals surface area contributed by atoms with Crippen molar-refractivity contribution in [3.05, 3.63) is 18.2 Å². The molecule has 1 unspecified atom stereocenters. The fourth-order valence-electron chi connectivity index (χ4n) is 3.04. The summed E-state index contributed by atoms with van der Waals surface area (Å²) >= 11 is 0. The second-order valence-corrected chi connectivity index (χ2v) is 7.02. The molecule has 1 aliphatic carbocycles. The first kappa shape index (κ1) is 15.0. The lowest BCUT2D eigenvalue weighted by Gasteiger charge is -2.36. The van der Waals surface area contributed by atoms with Crippen LogP contribution in [-0.2, 0) is 0 Å². The molecule has 0 aromatic heterocycles. The van der Waals surface area contributed by atoms with E-state index in [9.17, 15) is 0 Å². The first-order valence-electron chi connectivity index (χ1n) is 7.68. The smallest absolute Gasteiger partial charge is 0.144 e. The molecule has 0 spiro atoms. The minimum atomic E-state index is 0.140. The Kier molecular flexibility index (Phi) is 4.46. The van der Waals surface area contributed by atoms with Crippen molar-refractivity contribution in [3.63, 3.8) is 0 Å². The summed E-state index contributed by atoms with van der Waals surface area (Å²) in [5.41, 5.74) is 8.22. The number of rotatable bonds is 4. The van der Waals surface area contributed by atoms with Gasteiger partial charge in [-0.2, -0.15) is 0 Å². The van der Waals surface area contributed by atoms with Crippen LogP contribution < -0.4 is 15.8 Å². The molecule has 3 nitrogen and oxygen atoms in total. The topological polar surface area (TPSA) is 47.3 Å². The van der Waals surface area contributed by atoms with Gasteiger partial charge >= 0.3 is 0 Å². The number of anilines is 2. The van der Waals surface area contributed by atoms with Crippen LogP contribution >= 0.6 is 0 Å². The Morgan fingerprint density at radius 2 is 2.10 bits per heavy atom. The summed E-state index contributed by atoms with van der Waals surface area (Å²) in [4.78, 5) is 0. The zero-order valence-electron chi connectivity index (χ0n) is 13.2. The van der Waals surface area contributed by atoms with E-state index in [-0.39, 0.29) is 6.10 Å². The number of benzene rings is 1. The van der Waals surface area contributed by atoms with Gasteiger partial charge in [-0.3, -0.25) is 0 Å². The van der Waals surface area contributed by atoms with Crippen LogP contribution in [0.2, 0.25) is 0 Å². The van der Waals surface area contributed by atoms with Crippen LogP contribution in [0.25, 0.3) is 0 Å². The van der Waals surface area contributed by atoms with Gasteiger partial charge in [0.05, 0.1) is 11.8 Å². The van der Waals surface area contributed by atoms with Crippen molar-refractivity contribution < 1.29 is 4.74 Å². The fraction of sp³-hybridized carbons (Fsp3) is 0.647. The van der Waals surface area contributed by atoms with Crippen molar-refractivity contribution in [1.82, 2.24) is 0 Å². The average Bonchev–Trinajstić information content (AvgIpc) is 2.31. The number of nitrogens with two attached hydrogens (primary N) is 1. The van der Waals surface area contributed by atoms with E-state index in [2.05, 4.69) is 19.2 Å². The van der Waals surface area contributed by atoms with Gasteiger partial charge in [0.25, 0.3) is 0 Å². The Morgan fingerprint density at radius 1 is 1.35 bits per heavy atom. The fourth-order valence-corrected chi connectivity index (χ4v) is 3.04. The molecule has 2 rings (SSSR count). The van der Waals surface area contributed by atoms with E-state index in [1.54, 1.807) is 0 Å². The summed E-state index contributed by atoms with van der Waals surface area (Å²) in [6.45, 7) is 8.75. The third kappa shape index (κ3) is 4.06. The molecule has 1 aromatic rings. The Morgan fingerprint density at radius 3 is 2.75 bits per heavy atom. The quantitative estimate of drug-likeness (QED) is 0.799. The van der Waals surface area contributed by atoms with Crippen molar-refractivity contribution in [2.75, 3.05) is 11.1 Å². The highest BCUT2D eigenvalue weighted by molar-refractivity contribution is 5.61. The second-order valence-electron chi connectivity index (χ2n) is 7.02. The van der Waals surface area contributed by atoms with Gasteiger partial charge in [0, 0.05) is 17.8 Å². The summed E-state index contributed by atoms with van der Waals surface area (Å²) in [5.74, 6) is 0.778. The van der Waals surface area contributed by atoms with E-state index in [0.29, 0.717) is 17.1 Å². The lowest BCUT2D eigenvalue weighted by atomic mass is 9.75. The minimum Gasteiger partial charge on any atom is -0.489 e. The predicted octanol–water partition coefficient (Wildman–Crippen LogP) is 4.44. The van der Waals surface area contributed by atoms with Crippen molar-refractivity contribution in [2.24, 2.45) is 5.41 Å². The van der Waals surface area contributed by atoms with E-state index >= 15 is 0 Å². The maximum Gasteiger partial charge on any atom is 0.144 e. The van der Waals surface area contributed by atoms with Crippen LogP contribution in [0.3, 0.4) is 0 Å². The highest BCUT2D eigenvalue weighted by Crippen LogP contribution is 2.37. The van der Waals surface area contributed by atoms with Crippen LogP contribution in [-0.4, -0.2) is 12.1 Å². The highest BCUT2D eigenvalue weighted by atomic mass is 16.5. The van der Waals surface area contributed by atoms with E-state index in [4.69, 9.17) is 10.5 Å². The molecule has 0 saturated heterocycles. The number of hydrogen-bond donors (Lipinski definition) is 2. The van der Waals surface area contributed by atoms with Crippen molar-refractivity contribution >= 4 is 11.4 Å². The van der Waals surface area contributed by atoms with Crippen LogP contribution in [0.1, 0.15) is 53.4 Å². The number of nitrogen functional groups attached to an aromatic ring is 1. The largest absolute Gasteiger partial charge is 0.489 e. The lowest BCUT2D eigenvalue weighted by molar-refractivity contribution is 0.229. The molecule has 1 aliphatic rings. The molecule has 0 aliphatic heterocycles. The summed E-state index contributed by atoms with van der Waals surface area (Å²) in [5, 5.41) is 3.64. The normalized spacial score (nSPS) is 21.8. The maximum atomic E-state index is 5.96. The van der Waals surface area contributed by atoms with Gasteiger partial charge in [-0.1, -0.05) is 20.3 Å². The van der Waals surface area contributed by atoms with E-state index < -0.39 is 0 Å². The first-order chi connectivity index (χ1) is 9.35. The molecule has 0 amide bonds. The second kappa shape index (κ2) is 5.94. The van der Waals surface area contributed by atoms with Gasteiger partial charge in [0.1, 0.15) is 5.75 Å². The molecule has 0 radical (unpaired) electrons. The van der Waals surface area contributed by atoms with Crippen LogP contribution in [0.4, 0.5) is 11.4 Å². The highest BCUT2D eigenvalue weighted by Gasteiger charge is 2.27. The van der Waals surface area contributed by atoms with Gasteiger partial charge in [0.15, 0.2) is 0 Å². The SMILES string of the molecule is CC(C)Oc1cc(NC2CCCC(C)(C)C2)ccc1N. The zero-order chi connectivity index (χ0) is 14.8. The average molecular weight is 276 g/mol. The maximum absolute atomic E-state index is 5.96. The van der Waals surface area contributed by atoms with Crippen molar-refractivity contribution in [2.45, 2.75) is 65.5 Å². The van der Waals surface area contributed by atoms with Crippen molar-refractivity contribution in [3.8, 4) is 5.75 Å². The van der Waals surface area contributed by atoms with Crippen LogP contribution in [0.5, 0.6) is 5.75 Å². The van der Waals surface area contributed by atoms with E-state index in [1.807, 2.05) is 32.0 Å². The summed E-state index contributed by atoms with van der Waals surface area (Å²) in [7, 11) is 0. The van der Waals surface area contributed by atoms with Crippen LogP contribution in [0.15, 0.2) is 18.2 Å². The molecule has 3 N–H and O–H groups in total. The Bertz CT molecular complexity index is 454. The molecule has 1 atom stereocenters. The Hall–Kier alpha value is -1.38. The molecular formula is C17H28N2O. The molecular weight excluding hydrogens is 248 g/mol. The molecule has 3 heteroatoms. The summed E-state index contributed by atoms with van der Waals surface area (Å²) in [6.07, 6.45) is 5.23.